The van der Waals surface area contributed by atoms with Crippen molar-refractivity contribution in [3.63, 3.8) is 0 Å². The molecule has 0 aliphatic heterocycles. The zero-order valence-corrected chi connectivity index (χ0v) is 12.7. The molecule has 1 amide bonds. The van der Waals surface area contributed by atoms with Gasteiger partial charge in [-0.1, -0.05) is 18.2 Å². The molecule has 0 saturated carbocycles. The van der Waals surface area contributed by atoms with Gasteiger partial charge in [0, 0.05) is 18.5 Å². The van der Waals surface area contributed by atoms with E-state index in [1.807, 2.05) is 56.3 Å². The smallest absolute Gasteiger partial charge is 0.251 e. The summed E-state index contributed by atoms with van der Waals surface area (Å²) in [4.78, 5) is 16.5. The van der Waals surface area contributed by atoms with Crippen LogP contribution in [0.4, 0.5) is 0 Å². The average molecular weight is 294 g/mol. The van der Waals surface area contributed by atoms with Gasteiger partial charge >= 0.3 is 0 Å². The normalized spacial score (nSPS) is 10.8. The van der Waals surface area contributed by atoms with Crippen LogP contribution in [0, 0.1) is 13.8 Å². The van der Waals surface area contributed by atoms with Gasteiger partial charge in [0.25, 0.3) is 5.91 Å². The fraction of sp³-hybridized carbons (Fsp3) is 0.222. The number of amides is 1. The molecule has 1 aromatic heterocycles. The van der Waals surface area contributed by atoms with E-state index in [2.05, 4.69) is 10.3 Å². The molecule has 0 aliphatic rings. The lowest BCUT2D eigenvalue weighted by molar-refractivity contribution is 0.0953. The summed E-state index contributed by atoms with van der Waals surface area (Å²) in [7, 11) is 0. The number of para-hydroxylation sites is 2. The van der Waals surface area contributed by atoms with Crippen molar-refractivity contribution in [2.75, 3.05) is 6.54 Å². The molecule has 112 valence electrons. The van der Waals surface area contributed by atoms with Crippen LogP contribution in [0.5, 0.6) is 0 Å². The van der Waals surface area contributed by atoms with E-state index in [9.17, 15) is 4.79 Å². The fourth-order valence-corrected chi connectivity index (χ4v) is 2.29. The van der Waals surface area contributed by atoms with Crippen molar-refractivity contribution in [2.24, 2.45) is 0 Å². The Morgan fingerprint density at radius 2 is 1.95 bits per heavy atom. The Morgan fingerprint density at radius 3 is 2.73 bits per heavy atom. The number of aryl methyl sites for hydroxylation is 2. The maximum absolute atomic E-state index is 12.1. The molecule has 22 heavy (non-hydrogen) atoms. The van der Waals surface area contributed by atoms with E-state index in [1.165, 1.54) is 5.56 Å². The number of carbonyl (C=O) groups is 1. The molecule has 0 aliphatic carbocycles. The predicted molar refractivity (Wildman–Crippen MR) is 86.0 cm³/mol. The van der Waals surface area contributed by atoms with E-state index >= 15 is 0 Å². The second-order valence-corrected chi connectivity index (χ2v) is 5.38. The van der Waals surface area contributed by atoms with Crippen molar-refractivity contribution in [3.05, 3.63) is 65.0 Å². The molecule has 0 spiro atoms. The van der Waals surface area contributed by atoms with Gasteiger partial charge in [-0.3, -0.25) is 4.79 Å². The molecule has 3 rings (SSSR count). The Kier molecular flexibility index (Phi) is 3.92. The zero-order chi connectivity index (χ0) is 15.5. The first-order chi connectivity index (χ1) is 10.6. The Bertz CT molecular complexity index is 788. The molecule has 3 aromatic rings. The molecule has 2 aromatic carbocycles. The lowest BCUT2D eigenvalue weighted by Crippen LogP contribution is -2.25. The maximum Gasteiger partial charge on any atom is 0.251 e. The summed E-state index contributed by atoms with van der Waals surface area (Å²) >= 11 is 0. The number of nitrogens with one attached hydrogen (secondary N) is 1. The minimum atomic E-state index is -0.0702. The summed E-state index contributed by atoms with van der Waals surface area (Å²) in [5.74, 6) is 0.570. The van der Waals surface area contributed by atoms with Crippen LogP contribution in [0.1, 0.15) is 27.4 Å². The topological polar surface area (TPSA) is 55.1 Å². The molecule has 0 saturated heterocycles. The standard InChI is InChI=1S/C18H18N2O2/c1-12-7-8-14(11-13(12)2)18(21)19-10-9-17-20-15-5-3-4-6-16(15)22-17/h3-8,11H,9-10H2,1-2H3,(H,19,21). The molecule has 4 nitrogen and oxygen atoms in total. The predicted octanol–water partition coefficient (Wildman–Crippen LogP) is 3.42. The molecular weight excluding hydrogens is 276 g/mol. The van der Waals surface area contributed by atoms with Crippen molar-refractivity contribution in [3.8, 4) is 0 Å². The molecule has 0 fully saturated rings. The minimum absolute atomic E-state index is 0.0702. The third-order valence-corrected chi connectivity index (χ3v) is 3.73. The summed E-state index contributed by atoms with van der Waals surface area (Å²) in [5, 5.41) is 2.90. The largest absolute Gasteiger partial charge is 0.441 e. The highest BCUT2D eigenvalue weighted by Crippen LogP contribution is 2.14. The Hall–Kier alpha value is -2.62. The first-order valence-electron chi connectivity index (χ1n) is 7.33. The van der Waals surface area contributed by atoms with E-state index < -0.39 is 0 Å². The van der Waals surface area contributed by atoms with Crippen molar-refractivity contribution in [1.29, 1.82) is 0 Å². The van der Waals surface area contributed by atoms with E-state index in [-0.39, 0.29) is 5.91 Å². The van der Waals surface area contributed by atoms with Gasteiger partial charge in [-0.15, -0.1) is 0 Å². The van der Waals surface area contributed by atoms with Crippen LogP contribution in [0.15, 0.2) is 46.9 Å². The second-order valence-electron chi connectivity index (χ2n) is 5.38. The molecule has 0 unspecified atom stereocenters. The molecular formula is C18H18N2O2. The van der Waals surface area contributed by atoms with E-state index in [0.717, 1.165) is 16.7 Å². The Labute approximate surface area is 129 Å². The molecule has 1 heterocycles. The number of nitrogens with zero attached hydrogens (tertiary/aromatic N) is 1. The van der Waals surface area contributed by atoms with Gasteiger partial charge in [0.2, 0.25) is 0 Å². The lowest BCUT2D eigenvalue weighted by Gasteiger charge is -2.06. The quantitative estimate of drug-likeness (QED) is 0.802. The number of hydrogen-bond acceptors (Lipinski definition) is 3. The van der Waals surface area contributed by atoms with Gasteiger partial charge in [-0.2, -0.15) is 0 Å². The van der Waals surface area contributed by atoms with Crippen LogP contribution >= 0.6 is 0 Å². The van der Waals surface area contributed by atoms with Crippen LogP contribution < -0.4 is 5.32 Å². The van der Waals surface area contributed by atoms with Gasteiger partial charge in [-0.25, -0.2) is 4.98 Å². The average Bonchev–Trinajstić information content (AvgIpc) is 2.92. The third kappa shape index (κ3) is 3.01. The van der Waals surface area contributed by atoms with Crippen molar-refractivity contribution < 1.29 is 9.21 Å². The van der Waals surface area contributed by atoms with Crippen LogP contribution in [-0.2, 0) is 6.42 Å². The summed E-state index contributed by atoms with van der Waals surface area (Å²) in [6.07, 6.45) is 0.575. The van der Waals surface area contributed by atoms with Gasteiger partial charge in [0.05, 0.1) is 0 Å². The van der Waals surface area contributed by atoms with Gasteiger partial charge in [0.15, 0.2) is 11.5 Å². The van der Waals surface area contributed by atoms with E-state index in [0.29, 0.717) is 24.4 Å². The summed E-state index contributed by atoms with van der Waals surface area (Å²) < 4.78 is 5.63. The van der Waals surface area contributed by atoms with E-state index in [1.54, 1.807) is 0 Å². The number of oxazole rings is 1. The highest BCUT2D eigenvalue weighted by Gasteiger charge is 2.08. The van der Waals surface area contributed by atoms with Crippen LogP contribution in [0.2, 0.25) is 0 Å². The van der Waals surface area contributed by atoms with Gasteiger partial charge in [-0.05, 0) is 49.2 Å². The number of aromatic nitrogens is 1. The van der Waals surface area contributed by atoms with Crippen molar-refractivity contribution >= 4 is 17.0 Å². The summed E-state index contributed by atoms with van der Waals surface area (Å²) in [5.41, 5.74) is 4.60. The SMILES string of the molecule is Cc1ccc(C(=O)NCCc2nc3ccccc3o2)cc1C. The van der Waals surface area contributed by atoms with Crippen LogP contribution in [-0.4, -0.2) is 17.4 Å². The molecule has 0 radical (unpaired) electrons. The number of fused-ring (bicyclic) bond motifs is 1. The molecule has 0 bridgehead atoms. The molecule has 4 heteroatoms. The van der Waals surface area contributed by atoms with Gasteiger partial charge < -0.3 is 9.73 Å². The van der Waals surface area contributed by atoms with Crippen molar-refractivity contribution in [1.82, 2.24) is 10.3 Å². The second kappa shape index (κ2) is 6.02. The lowest BCUT2D eigenvalue weighted by atomic mass is 10.1. The summed E-state index contributed by atoms with van der Waals surface area (Å²) in [6, 6.07) is 13.4. The monoisotopic (exact) mass is 294 g/mol. The third-order valence-electron chi connectivity index (χ3n) is 3.73. The highest BCUT2D eigenvalue weighted by atomic mass is 16.3. The van der Waals surface area contributed by atoms with Crippen LogP contribution in [0.3, 0.4) is 0 Å². The summed E-state index contributed by atoms with van der Waals surface area (Å²) in [6.45, 7) is 4.53. The number of benzene rings is 2. The number of carbonyl (C=O) groups excluding carboxylic acids is 1. The minimum Gasteiger partial charge on any atom is -0.441 e. The first kappa shape index (κ1) is 14.3. The van der Waals surface area contributed by atoms with E-state index in [4.69, 9.17) is 4.42 Å². The van der Waals surface area contributed by atoms with Gasteiger partial charge in [0.1, 0.15) is 5.52 Å². The highest BCUT2D eigenvalue weighted by molar-refractivity contribution is 5.94. The number of rotatable bonds is 4. The molecule has 0 atom stereocenters. The number of hydrogen-bond donors (Lipinski definition) is 1. The zero-order valence-electron chi connectivity index (χ0n) is 12.7. The Balaban J connectivity index is 1.60. The maximum atomic E-state index is 12.1. The fourth-order valence-electron chi connectivity index (χ4n) is 2.29. The Morgan fingerprint density at radius 1 is 1.14 bits per heavy atom. The van der Waals surface area contributed by atoms with Crippen molar-refractivity contribution in [2.45, 2.75) is 20.3 Å². The molecule has 1 N–H and O–H groups in total. The van der Waals surface area contributed by atoms with Crippen LogP contribution in [0.25, 0.3) is 11.1 Å². The first-order valence-corrected chi connectivity index (χ1v) is 7.33.